The molecule has 21 heavy (non-hydrogen) atoms. The molecule has 0 aliphatic carbocycles. The van der Waals surface area contributed by atoms with Gasteiger partial charge in [-0.05, 0) is 44.5 Å². The molecule has 0 saturated carbocycles. The zero-order valence-corrected chi connectivity index (χ0v) is 13.0. The Kier molecular flexibility index (Phi) is 3.59. The molecule has 0 radical (unpaired) electrons. The lowest BCUT2D eigenvalue weighted by Crippen LogP contribution is -2.02. The highest BCUT2D eigenvalue weighted by molar-refractivity contribution is 7.18. The molecular weight excluding hydrogens is 285 g/mol. The largest absolute Gasteiger partial charge is 0.370 e. The molecule has 0 aliphatic rings. The molecule has 0 aliphatic heterocycles. The molecule has 0 atom stereocenters. The highest BCUT2D eigenvalue weighted by Gasteiger charge is 2.13. The zero-order valence-electron chi connectivity index (χ0n) is 12.2. The van der Waals surface area contributed by atoms with Crippen LogP contribution in [0.15, 0.2) is 24.3 Å². The van der Waals surface area contributed by atoms with Gasteiger partial charge in [-0.3, -0.25) is 0 Å². The van der Waals surface area contributed by atoms with Crippen LogP contribution in [0.3, 0.4) is 0 Å². The lowest BCUT2D eigenvalue weighted by molar-refractivity contribution is 0.628. The van der Waals surface area contributed by atoms with E-state index in [9.17, 15) is 4.39 Å². The molecule has 3 aromatic rings. The summed E-state index contributed by atoms with van der Waals surface area (Å²) in [6.07, 6.45) is 0. The summed E-state index contributed by atoms with van der Waals surface area (Å²) < 4.78 is 13.5. The molecule has 5 heteroatoms. The number of thiophene rings is 1. The van der Waals surface area contributed by atoms with Crippen molar-refractivity contribution >= 4 is 27.4 Å². The summed E-state index contributed by atoms with van der Waals surface area (Å²) in [4.78, 5) is 11.3. The van der Waals surface area contributed by atoms with Crippen LogP contribution in [-0.2, 0) is 0 Å². The maximum atomic E-state index is 13.5. The van der Waals surface area contributed by atoms with Crippen LogP contribution in [0, 0.1) is 19.7 Å². The lowest BCUT2D eigenvalue weighted by atomic mass is 10.1. The van der Waals surface area contributed by atoms with Crippen LogP contribution < -0.4 is 5.32 Å². The number of fused-ring (bicyclic) bond motifs is 1. The maximum Gasteiger partial charge on any atom is 0.163 e. The number of rotatable bonds is 3. The van der Waals surface area contributed by atoms with Gasteiger partial charge in [-0.1, -0.05) is 6.07 Å². The Hall–Kier alpha value is -2.01. The van der Waals surface area contributed by atoms with Gasteiger partial charge in [-0.2, -0.15) is 0 Å². The SMILES string of the molecule is CCNc1nc(-c2cc(F)ccc2C)nc2sc(C)cc12. The fourth-order valence-electron chi connectivity index (χ4n) is 2.30. The molecule has 0 spiro atoms. The van der Waals surface area contributed by atoms with Crippen molar-refractivity contribution in [2.45, 2.75) is 20.8 Å². The molecule has 3 nitrogen and oxygen atoms in total. The molecule has 2 heterocycles. The number of hydrogen-bond acceptors (Lipinski definition) is 4. The second kappa shape index (κ2) is 5.41. The van der Waals surface area contributed by atoms with E-state index in [-0.39, 0.29) is 5.82 Å². The predicted octanol–water partition coefficient (Wildman–Crippen LogP) is 4.55. The van der Waals surface area contributed by atoms with E-state index in [1.54, 1.807) is 17.4 Å². The predicted molar refractivity (Wildman–Crippen MR) is 86.4 cm³/mol. The van der Waals surface area contributed by atoms with Crippen molar-refractivity contribution < 1.29 is 4.39 Å². The van der Waals surface area contributed by atoms with Crippen LogP contribution in [0.5, 0.6) is 0 Å². The van der Waals surface area contributed by atoms with E-state index in [4.69, 9.17) is 0 Å². The van der Waals surface area contributed by atoms with Gasteiger partial charge >= 0.3 is 0 Å². The Balaban J connectivity index is 2.25. The fourth-order valence-corrected chi connectivity index (χ4v) is 3.18. The molecule has 1 N–H and O–H groups in total. The van der Waals surface area contributed by atoms with Crippen molar-refractivity contribution in [3.63, 3.8) is 0 Å². The second-order valence-electron chi connectivity index (χ2n) is 4.96. The summed E-state index contributed by atoms with van der Waals surface area (Å²) in [6.45, 7) is 6.80. The molecule has 0 amide bonds. The van der Waals surface area contributed by atoms with Crippen molar-refractivity contribution in [2.75, 3.05) is 11.9 Å². The average Bonchev–Trinajstić information content (AvgIpc) is 2.82. The smallest absolute Gasteiger partial charge is 0.163 e. The maximum absolute atomic E-state index is 13.5. The third-order valence-corrected chi connectivity index (χ3v) is 4.25. The standard InChI is InChI=1S/C16H16FN3S/c1-4-18-14-13-7-10(3)21-16(13)20-15(19-14)12-8-11(17)6-5-9(12)2/h5-8H,4H2,1-3H3,(H,18,19,20). The van der Waals surface area contributed by atoms with Gasteiger partial charge in [-0.15, -0.1) is 11.3 Å². The Labute approximate surface area is 126 Å². The topological polar surface area (TPSA) is 37.8 Å². The fraction of sp³-hybridized carbons (Fsp3) is 0.250. The van der Waals surface area contributed by atoms with E-state index < -0.39 is 0 Å². The average molecular weight is 301 g/mol. The summed E-state index contributed by atoms with van der Waals surface area (Å²) in [5.41, 5.74) is 1.70. The number of aryl methyl sites for hydroxylation is 2. The quantitative estimate of drug-likeness (QED) is 0.771. The van der Waals surface area contributed by atoms with Gasteiger partial charge in [0.25, 0.3) is 0 Å². The van der Waals surface area contributed by atoms with E-state index in [2.05, 4.69) is 28.3 Å². The molecule has 3 rings (SSSR count). The summed E-state index contributed by atoms with van der Waals surface area (Å²) in [5, 5.41) is 4.30. The van der Waals surface area contributed by atoms with Crippen molar-refractivity contribution in [3.8, 4) is 11.4 Å². The minimum absolute atomic E-state index is 0.272. The molecule has 0 unspecified atom stereocenters. The van der Waals surface area contributed by atoms with Crippen LogP contribution in [0.2, 0.25) is 0 Å². The highest BCUT2D eigenvalue weighted by Crippen LogP contribution is 2.32. The number of aromatic nitrogens is 2. The van der Waals surface area contributed by atoms with Crippen molar-refractivity contribution in [3.05, 3.63) is 40.5 Å². The van der Waals surface area contributed by atoms with Crippen LogP contribution in [0.1, 0.15) is 17.4 Å². The van der Waals surface area contributed by atoms with E-state index >= 15 is 0 Å². The van der Waals surface area contributed by atoms with Crippen molar-refractivity contribution in [1.82, 2.24) is 9.97 Å². The molecular formula is C16H16FN3S. The second-order valence-corrected chi connectivity index (χ2v) is 6.20. The highest BCUT2D eigenvalue weighted by atomic mass is 32.1. The first-order chi connectivity index (χ1) is 10.1. The normalized spacial score (nSPS) is 11.0. The van der Waals surface area contributed by atoms with Gasteiger partial charge in [0.15, 0.2) is 5.82 Å². The Morgan fingerprint density at radius 3 is 2.76 bits per heavy atom. The summed E-state index contributed by atoms with van der Waals surface area (Å²) in [7, 11) is 0. The van der Waals surface area contributed by atoms with Crippen LogP contribution in [0.25, 0.3) is 21.6 Å². The first kappa shape index (κ1) is 13.9. The van der Waals surface area contributed by atoms with E-state index in [1.165, 1.54) is 17.0 Å². The van der Waals surface area contributed by atoms with Gasteiger partial charge in [0.2, 0.25) is 0 Å². The van der Waals surface area contributed by atoms with Gasteiger partial charge in [0.1, 0.15) is 16.5 Å². The summed E-state index contributed by atoms with van der Waals surface area (Å²) in [5.74, 6) is 1.11. The Morgan fingerprint density at radius 1 is 1.19 bits per heavy atom. The summed E-state index contributed by atoms with van der Waals surface area (Å²) >= 11 is 1.63. The van der Waals surface area contributed by atoms with Gasteiger partial charge in [-0.25, -0.2) is 14.4 Å². The van der Waals surface area contributed by atoms with Gasteiger partial charge < -0.3 is 5.32 Å². The van der Waals surface area contributed by atoms with Crippen LogP contribution >= 0.6 is 11.3 Å². The van der Waals surface area contributed by atoms with Crippen molar-refractivity contribution in [2.24, 2.45) is 0 Å². The van der Waals surface area contributed by atoms with Crippen LogP contribution in [0.4, 0.5) is 10.2 Å². The third-order valence-electron chi connectivity index (χ3n) is 3.30. The minimum atomic E-state index is -0.272. The first-order valence-electron chi connectivity index (χ1n) is 6.87. The molecule has 108 valence electrons. The van der Waals surface area contributed by atoms with E-state index in [0.29, 0.717) is 5.82 Å². The molecule has 1 aromatic carbocycles. The number of nitrogens with one attached hydrogen (secondary N) is 1. The van der Waals surface area contributed by atoms with Crippen molar-refractivity contribution in [1.29, 1.82) is 0 Å². The number of benzene rings is 1. The summed E-state index contributed by atoms with van der Waals surface area (Å²) in [6, 6.07) is 6.79. The number of halogens is 1. The van der Waals surface area contributed by atoms with Gasteiger partial charge in [0.05, 0.1) is 5.39 Å². The van der Waals surface area contributed by atoms with E-state index in [1.807, 2.05) is 13.8 Å². The zero-order chi connectivity index (χ0) is 15.0. The van der Waals surface area contributed by atoms with Gasteiger partial charge in [0, 0.05) is 17.0 Å². The molecule has 0 bridgehead atoms. The molecule has 2 aromatic heterocycles. The molecule has 0 fully saturated rings. The number of anilines is 1. The van der Waals surface area contributed by atoms with Crippen LogP contribution in [-0.4, -0.2) is 16.5 Å². The lowest BCUT2D eigenvalue weighted by Gasteiger charge is -2.09. The third kappa shape index (κ3) is 2.61. The molecule has 0 saturated heterocycles. The monoisotopic (exact) mass is 301 g/mol. The number of hydrogen-bond donors (Lipinski definition) is 1. The number of nitrogens with zero attached hydrogens (tertiary/aromatic N) is 2. The minimum Gasteiger partial charge on any atom is -0.370 e. The Bertz CT molecular complexity index is 811. The van der Waals surface area contributed by atoms with E-state index in [0.717, 1.165) is 33.7 Å². The first-order valence-corrected chi connectivity index (χ1v) is 7.68. The Morgan fingerprint density at radius 2 is 2.00 bits per heavy atom.